The summed E-state index contributed by atoms with van der Waals surface area (Å²) in [6.07, 6.45) is 4.99. The second-order valence-corrected chi connectivity index (χ2v) is 9.67. The van der Waals surface area contributed by atoms with Crippen LogP contribution in [0, 0.1) is 11.8 Å². The number of esters is 2. The lowest BCUT2D eigenvalue weighted by Gasteiger charge is -2.20. The van der Waals surface area contributed by atoms with E-state index in [0.29, 0.717) is 25.9 Å². The molecule has 1 saturated heterocycles. The lowest BCUT2D eigenvalue weighted by Crippen LogP contribution is -2.23. The largest absolute Gasteiger partial charge is 0.497 e. The number of rotatable bonds is 10. The molecule has 0 unspecified atom stereocenters. The Labute approximate surface area is 195 Å². The van der Waals surface area contributed by atoms with Crippen LogP contribution in [0.3, 0.4) is 0 Å². The first-order chi connectivity index (χ1) is 15.6. The highest BCUT2D eigenvalue weighted by Crippen LogP contribution is 2.43. The maximum absolute atomic E-state index is 12.4. The van der Waals surface area contributed by atoms with Gasteiger partial charge in [-0.05, 0) is 51.0 Å². The Kier molecular flexibility index (Phi) is 8.30. The molecular weight excluding hydrogens is 424 g/mol. The third-order valence-electron chi connectivity index (χ3n) is 5.90. The third-order valence-corrected chi connectivity index (χ3v) is 5.90. The molecule has 7 heteroatoms. The molecule has 4 atom stereocenters. The quantitative estimate of drug-likeness (QED) is 0.384. The first-order valence-electron chi connectivity index (χ1n) is 11.5. The zero-order valence-electron chi connectivity index (χ0n) is 19.9. The molecule has 33 heavy (non-hydrogen) atoms. The molecule has 0 bridgehead atoms. The molecule has 0 amide bonds. The van der Waals surface area contributed by atoms with E-state index in [1.54, 1.807) is 13.2 Å². The summed E-state index contributed by atoms with van der Waals surface area (Å²) in [4.78, 5) is 36.0. The Hall–Kier alpha value is -2.67. The van der Waals surface area contributed by atoms with Gasteiger partial charge in [0.1, 0.15) is 17.5 Å². The summed E-state index contributed by atoms with van der Waals surface area (Å²) >= 11 is 0. The Balaban J connectivity index is 1.54. The van der Waals surface area contributed by atoms with Crippen LogP contribution in [0.1, 0.15) is 58.4 Å². The fourth-order valence-corrected chi connectivity index (χ4v) is 4.37. The van der Waals surface area contributed by atoms with Gasteiger partial charge >= 0.3 is 11.9 Å². The van der Waals surface area contributed by atoms with Crippen LogP contribution >= 0.6 is 0 Å². The van der Waals surface area contributed by atoms with Crippen molar-refractivity contribution in [3.05, 3.63) is 42.0 Å². The summed E-state index contributed by atoms with van der Waals surface area (Å²) in [6.45, 7) is 5.88. The van der Waals surface area contributed by atoms with Crippen LogP contribution in [0.4, 0.5) is 0 Å². The number of methoxy groups -OCH3 is 1. The van der Waals surface area contributed by atoms with Gasteiger partial charge in [-0.2, -0.15) is 0 Å². The topological polar surface area (TPSA) is 88.1 Å². The van der Waals surface area contributed by atoms with Crippen molar-refractivity contribution in [1.82, 2.24) is 0 Å². The molecule has 0 radical (unpaired) electrons. The van der Waals surface area contributed by atoms with E-state index in [1.165, 1.54) is 0 Å². The van der Waals surface area contributed by atoms with Gasteiger partial charge in [0.05, 0.1) is 26.2 Å². The van der Waals surface area contributed by atoms with Crippen LogP contribution in [0.5, 0.6) is 5.75 Å². The summed E-state index contributed by atoms with van der Waals surface area (Å²) in [5.74, 6) is 0.180. The molecule has 180 valence electrons. The highest BCUT2D eigenvalue weighted by atomic mass is 16.6. The van der Waals surface area contributed by atoms with Crippen molar-refractivity contribution in [2.75, 3.05) is 7.11 Å². The minimum Gasteiger partial charge on any atom is -0.497 e. The number of hydrogen-bond donors (Lipinski definition) is 0. The monoisotopic (exact) mass is 458 g/mol. The molecule has 1 saturated carbocycles. The summed E-state index contributed by atoms with van der Waals surface area (Å²) in [5.41, 5.74) is 0.493. The van der Waals surface area contributed by atoms with Crippen LogP contribution in [-0.4, -0.2) is 42.6 Å². The number of carbonyl (C=O) groups is 3. The Bertz CT molecular complexity index is 866. The number of carbonyl (C=O) groups excluding carboxylic acids is 3. The van der Waals surface area contributed by atoms with Gasteiger partial charge in [0.2, 0.25) is 0 Å². The standard InChI is InChI=1S/C26H34O7/c1-26(2,3)33-24(28)7-5-6-18(27)10-13-20-21-14-25(29)32-23(21)15-22(20)31-16-17-8-11-19(30-4)12-9-17/h8-13,20-23H,5-7,14-16H2,1-4H3/b13-10+/t20-,21-,22-,23+/m1/s1. The summed E-state index contributed by atoms with van der Waals surface area (Å²) in [5, 5.41) is 0. The molecule has 3 rings (SSSR count). The number of allylic oxidation sites excluding steroid dienone is 1. The molecule has 1 aromatic carbocycles. The Morgan fingerprint density at radius 2 is 1.88 bits per heavy atom. The van der Waals surface area contributed by atoms with Gasteiger partial charge in [-0.3, -0.25) is 14.4 Å². The predicted molar refractivity (Wildman–Crippen MR) is 122 cm³/mol. The number of hydrogen-bond acceptors (Lipinski definition) is 7. The van der Waals surface area contributed by atoms with E-state index >= 15 is 0 Å². The molecule has 7 nitrogen and oxygen atoms in total. The van der Waals surface area contributed by atoms with Crippen LogP contribution in [0.15, 0.2) is 36.4 Å². The van der Waals surface area contributed by atoms with E-state index in [4.69, 9.17) is 18.9 Å². The van der Waals surface area contributed by atoms with Gasteiger partial charge in [-0.25, -0.2) is 0 Å². The average Bonchev–Trinajstić information content (AvgIpc) is 3.25. The number of fused-ring (bicyclic) bond motifs is 1. The van der Waals surface area contributed by atoms with Crippen molar-refractivity contribution in [3.8, 4) is 5.75 Å². The zero-order valence-corrected chi connectivity index (χ0v) is 19.9. The van der Waals surface area contributed by atoms with Gasteiger partial charge in [0, 0.05) is 31.1 Å². The van der Waals surface area contributed by atoms with Crippen molar-refractivity contribution < 1.29 is 33.3 Å². The molecule has 0 N–H and O–H groups in total. The predicted octanol–water partition coefficient (Wildman–Crippen LogP) is 4.17. The molecule has 1 heterocycles. The zero-order chi connectivity index (χ0) is 24.0. The molecule has 0 spiro atoms. The summed E-state index contributed by atoms with van der Waals surface area (Å²) in [6, 6.07) is 7.68. The summed E-state index contributed by atoms with van der Waals surface area (Å²) in [7, 11) is 1.62. The van der Waals surface area contributed by atoms with E-state index in [-0.39, 0.29) is 54.6 Å². The smallest absolute Gasteiger partial charge is 0.306 e. The number of ether oxygens (including phenoxy) is 4. The van der Waals surface area contributed by atoms with Crippen LogP contribution in [-0.2, 0) is 35.2 Å². The fraction of sp³-hybridized carbons (Fsp3) is 0.577. The SMILES string of the molecule is COc1ccc(CO[C@@H]2C[C@@H]3OC(=O)C[C@@H]3[C@H]2/C=C/C(=O)CCCC(=O)OC(C)(C)C)cc1. The third kappa shape index (κ3) is 7.42. The minimum absolute atomic E-state index is 0.0178. The van der Waals surface area contributed by atoms with Crippen LogP contribution in [0.25, 0.3) is 0 Å². The van der Waals surface area contributed by atoms with Gasteiger partial charge in [0.15, 0.2) is 5.78 Å². The van der Waals surface area contributed by atoms with Crippen LogP contribution < -0.4 is 4.74 Å². The van der Waals surface area contributed by atoms with E-state index in [0.717, 1.165) is 11.3 Å². The van der Waals surface area contributed by atoms with Crippen molar-refractivity contribution in [2.45, 2.75) is 77.3 Å². The Morgan fingerprint density at radius 1 is 1.15 bits per heavy atom. The van der Waals surface area contributed by atoms with Crippen molar-refractivity contribution in [3.63, 3.8) is 0 Å². The molecule has 0 aromatic heterocycles. The van der Waals surface area contributed by atoms with Gasteiger partial charge in [-0.15, -0.1) is 0 Å². The summed E-state index contributed by atoms with van der Waals surface area (Å²) < 4.78 is 22.1. The minimum atomic E-state index is -0.526. The van der Waals surface area contributed by atoms with Gasteiger partial charge in [0.25, 0.3) is 0 Å². The maximum Gasteiger partial charge on any atom is 0.306 e. The fourth-order valence-electron chi connectivity index (χ4n) is 4.37. The molecule has 1 aromatic rings. The number of ketones is 1. The first-order valence-corrected chi connectivity index (χ1v) is 11.5. The molecule has 2 fully saturated rings. The molecule has 1 aliphatic heterocycles. The molecule has 1 aliphatic carbocycles. The highest BCUT2D eigenvalue weighted by Gasteiger charge is 2.49. The first kappa shape index (κ1) is 25.0. The lowest BCUT2D eigenvalue weighted by molar-refractivity contribution is -0.155. The van der Waals surface area contributed by atoms with E-state index in [2.05, 4.69) is 0 Å². The van der Waals surface area contributed by atoms with Gasteiger partial charge < -0.3 is 18.9 Å². The normalized spacial score (nSPS) is 24.5. The average molecular weight is 459 g/mol. The molecule has 2 aliphatic rings. The van der Waals surface area contributed by atoms with Gasteiger partial charge in [-0.1, -0.05) is 18.2 Å². The van der Waals surface area contributed by atoms with Crippen LogP contribution in [0.2, 0.25) is 0 Å². The second-order valence-electron chi connectivity index (χ2n) is 9.67. The highest BCUT2D eigenvalue weighted by molar-refractivity contribution is 5.89. The maximum atomic E-state index is 12.4. The van der Waals surface area contributed by atoms with Crippen molar-refractivity contribution >= 4 is 17.7 Å². The number of benzene rings is 1. The lowest BCUT2D eigenvalue weighted by atomic mass is 9.91. The van der Waals surface area contributed by atoms with E-state index in [9.17, 15) is 14.4 Å². The second kappa shape index (κ2) is 11.0. The van der Waals surface area contributed by atoms with E-state index < -0.39 is 5.60 Å². The molecular formula is C26H34O7. The Morgan fingerprint density at radius 3 is 2.55 bits per heavy atom. The van der Waals surface area contributed by atoms with Crippen molar-refractivity contribution in [2.24, 2.45) is 11.8 Å². The van der Waals surface area contributed by atoms with E-state index in [1.807, 2.05) is 51.1 Å². The van der Waals surface area contributed by atoms with Crippen molar-refractivity contribution in [1.29, 1.82) is 0 Å².